The zero-order valence-electron chi connectivity index (χ0n) is 20.5. The summed E-state index contributed by atoms with van der Waals surface area (Å²) in [4.78, 5) is 24.5. The molecule has 6 nitrogen and oxygen atoms in total. The summed E-state index contributed by atoms with van der Waals surface area (Å²) in [5, 5.41) is 0. The Morgan fingerprint density at radius 3 is 2.46 bits per heavy atom. The van der Waals surface area contributed by atoms with Gasteiger partial charge in [0.25, 0.3) is 5.91 Å². The van der Waals surface area contributed by atoms with Crippen LogP contribution in [0.15, 0.2) is 73.0 Å². The van der Waals surface area contributed by atoms with E-state index in [2.05, 4.69) is 23.0 Å². The summed E-state index contributed by atoms with van der Waals surface area (Å²) < 4.78 is 17.5. The minimum absolute atomic E-state index is 0.113. The smallest absolute Gasteiger partial charge is 0.259 e. The fraction of sp³-hybridized carbons (Fsp3) is 0.250. The zero-order chi connectivity index (χ0) is 24.9. The number of aromatic nitrogens is 4. The molecule has 1 aliphatic heterocycles. The molecule has 1 aliphatic rings. The van der Waals surface area contributed by atoms with Crippen LogP contribution in [-0.2, 0) is 10.3 Å². The van der Waals surface area contributed by atoms with Crippen molar-refractivity contribution in [2.75, 3.05) is 4.90 Å². The van der Waals surface area contributed by atoms with E-state index in [0.29, 0.717) is 11.5 Å². The van der Waals surface area contributed by atoms with Gasteiger partial charge in [0.1, 0.15) is 5.82 Å². The van der Waals surface area contributed by atoms with E-state index in [-0.39, 0.29) is 17.8 Å². The van der Waals surface area contributed by atoms with Gasteiger partial charge in [-0.25, -0.2) is 14.4 Å². The molecule has 0 spiro atoms. The Morgan fingerprint density at radius 2 is 1.80 bits per heavy atom. The molecule has 0 saturated carbocycles. The first kappa shape index (κ1) is 22.8. The van der Waals surface area contributed by atoms with Gasteiger partial charge in [-0.15, -0.1) is 0 Å². The van der Waals surface area contributed by atoms with E-state index < -0.39 is 5.54 Å². The van der Waals surface area contributed by atoms with Crippen LogP contribution in [0.2, 0.25) is 0 Å². The molecule has 7 heteroatoms. The van der Waals surface area contributed by atoms with E-state index in [4.69, 9.17) is 0 Å². The average Bonchev–Trinajstić information content (AvgIpc) is 3.47. The number of halogens is 1. The highest BCUT2D eigenvalue weighted by Gasteiger charge is 2.43. The molecule has 5 rings (SSSR count). The number of anilines is 1. The van der Waals surface area contributed by atoms with Gasteiger partial charge in [-0.1, -0.05) is 18.2 Å². The third-order valence-corrected chi connectivity index (χ3v) is 6.81. The quantitative estimate of drug-likeness (QED) is 0.358. The van der Waals surface area contributed by atoms with Crippen LogP contribution in [-0.4, -0.2) is 25.0 Å². The van der Waals surface area contributed by atoms with E-state index >= 15 is 0 Å². The molecule has 1 amide bonds. The first-order chi connectivity index (χ1) is 16.7. The number of benzene rings is 2. The zero-order valence-corrected chi connectivity index (χ0v) is 20.5. The number of hydrogen-bond acceptors (Lipinski definition) is 3. The maximum atomic E-state index is 14.0. The lowest BCUT2D eigenvalue weighted by Gasteiger charge is -2.42. The maximum absolute atomic E-state index is 14.0. The predicted molar refractivity (Wildman–Crippen MR) is 135 cm³/mol. The van der Waals surface area contributed by atoms with Gasteiger partial charge in [0, 0.05) is 29.9 Å². The fourth-order valence-corrected chi connectivity index (χ4v) is 4.78. The van der Waals surface area contributed by atoms with E-state index in [0.717, 1.165) is 28.1 Å². The molecule has 2 aromatic carbocycles. The van der Waals surface area contributed by atoms with Crippen molar-refractivity contribution >= 4 is 17.9 Å². The maximum Gasteiger partial charge on any atom is 0.259 e. The van der Waals surface area contributed by atoms with Crippen molar-refractivity contribution < 1.29 is 9.18 Å². The molecule has 1 unspecified atom stereocenters. The normalized spacial score (nSPS) is 17.0. The Bertz CT molecular complexity index is 1440. The minimum Gasteiger partial charge on any atom is -0.307 e. The molecular formula is C28H28FN5O. The second kappa shape index (κ2) is 8.34. The molecule has 4 aromatic rings. The van der Waals surface area contributed by atoms with Crippen LogP contribution in [0.5, 0.6) is 0 Å². The van der Waals surface area contributed by atoms with Gasteiger partial charge in [-0.3, -0.25) is 9.69 Å². The minimum atomic E-state index is -0.601. The number of fused-ring (bicyclic) bond motifs is 1. The van der Waals surface area contributed by atoms with Crippen molar-refractivity contribution in [3.63, 3.8) is 0 Å². The van der Waals surface area contributed by atoms with Crippen molar-refractivity contribution in [3.05, 3.63) is 101 Å². The molecule has 0 saturated heterocycles. The summed E-state index contributed by atoms with van der Waals surface area (Å²) in [5.41, 5.74) is 4.92. The lowest BCUT2D eigenvalue weighted by atomic mass is 9.87. The lowest BCUT2D eigenvalue weighted by molar-refractivity contribution is -0.117. The molecule has 0 aliphatic carbocycles. The second-order valence-electron chi connectivity index (χ2n) is 9.59. The largest absolute Gasteiger partial charge is 0.307 e. The van der Waals surface area contributed by atoms with Crippen molar-refractivity contribution in [2.45, 2.75) is 46.2 Å². The Balaban J connectivity index is 1.58. The molecule has 0 radical (unpaired) electrons. The van der Waals surface area contributed by atoms with Crippen molar-refractivity contribution in [1.82, 2.24) is 19.1 Å². The third-order valence-electron chi connectivity index (χ3n) is 6.81. The number of hydrogen-bond donors (Lipinski definition) is 0. The highest BCUT2D eigenvalue weighted by atomic mass is 19.1. The van der Waals surface area contributed by atoms with Gasteiger partial charge in [0.15, 0.2) is 0 Å². The van der Waals surface area contributed by atoms with Crippen LogP contribution < -0.4 is 4.90 Å². The summed E-state index contributed by atoms with van der Waals surface area (Å²) >= 11 is 0. The first-order valence-corrected chi connectivity index (χ1v) is 11.6. The van der Waals surface area contributed by atoms with Crippen LogP contribution in [0.1, 0.15) is 49.2 Å². The van der Waals surface area contributed by atoms with Crippen LogP contribution in [0.4, 0.5) is 10.3 Å². The monoisotopic (exact) mass is 469 g/mol. The van der Waals surface area contributed by atoms with Crippen LogP contribution in [0, 0.1) is 19.7 Å². The molecular weight excluding hydrogens is 441 g/mol. The summed E-state index contributed by atoms with van der Waals surface area (Å²) in [6.07, 6.45) is 9.37. The number of aryl methyl sites for hydroxylation is 2. The van der Waals surface area contributed by atoms with Gasteiger partial charge in [0.2, 0.25) is 5.95 Å². The van der Waals surface area contributed by atoms with Gasteiger partial charge in [-0.05, 0) is 81.7 Å². The van der Waals surface area contributed by atoms with E-state index in [1.165, 1.54) is 12.1 Å². The Hall–Kier alpha value is -4.00. The van der Waals surface area contributed by atoms with Crippen LogP contribution >= 0.6 is 0 Å². The molecule has 0 fully saturated rings. The van der Waals surface area contributed by atoms with Gasteiger partial charge in [-0.2, -0.15) is 0 Å². The van der Waals surface area contributed by atoms with Gasteiger partial charge in [0.05, 0.1) is 23.6 Å². The summed E-state index contributed by atoms with van der Waals surface area (Å²) in [5.74, 6) is 0.160. The van der Waals surface area contributed by atoms with Gasteiger partial charge < -0.3 is 9.13 Å². The van der Waals surface area contributed by atoms with Crippen molar-refractivity contribution in [2.24, 2.45) is 0 Å². The summed E-state index contributed by atoms with van der Waals surface area (Å²) in [6, 6.07) is 12.1. The molecule has 35 heavy (non-hydrogen) atoms. The SMILES string of the molecule is Cc1cn(-c2ccc(/C=C3/C(=O)N(C(C)c4ccc(F)cc4)c4nccn4C3(C)C)cc2C)cn1. The number of imidazole rings is 2. The van der Waals surface area contributed by atoms with Crippen LogP contribution in [0.3, 0.4) is 0 Å². The van der Waals surface area contributed by atoms with Crippen molar-refractivity contribution in [3.8, 4) is 5.69 Å². The highest BCUT2D eigenvalue weighted by Crippen LogP contribution is 2.41. The molecule has 3 heterocycles. The summed E-state index contributed by atoms with van der Waals surface area (Å²) in [6.45, 7) is 10.0. The van der Waals surface area contributed by atoms with Crippen molar-refractivity contribution in [1.29, 1.82) is 0 Å². The molecule has 178 valence electrons. The highest BCUT2D eigenvalue weighted by molar-refractivity contribution is 6.10. The number of nitrogens with zero attached hydrogens (tertiary/aromatic N) is 5. The standard InChI is InChI=1S/C28H28FN5O/c1-18-14-21(6-11-25(18)32-16-19(2)31-17-32)15-24-26(35)34(20(3)22-7-9-23(29)10-8-22)27-30-12-13-33(27)28(24,4)5/h6-17,20H,1-5H3/b24-15-. The molecule has 0 bridgehead atoms. The van der Waals surface area contributed by atoms with E-state index in [1.807, 2.05) is 67.4 Å². The lowest BCUT2D eigenvalue weighted by Crippen LogP contribution is -2.49. The van der Waals surface area contributed by atoms with E-state index in [1.54, 1.807) is 29.6 Å². The fourth-order valence-electron chi connectivity index (χ4n) is 4.78. The van der Waals surface area contributed by atoms with Gasteiger partial charge >= 0.3 is 0 Å². The number of rotatable bonds is 4. The molecule has 0 N–H and O–H groups in total. The predicted octanol–water partition coefficient (Wildman–Crippen LogP) is 5.75. The van der Waals surface area contributed by atoms with E-state index in [9.17, 15) is 9.18 Å². The third kappa shape index (κ3) is 3.87. The number of carbonyl (C=O) groups is 1. The first-order valence-electron chi connectivity index (χ1n) is 11.6. The average molecular weight is 470 g/mol. The Morgan fingerprint density at radius 1 is 1.06 bits per heavy atom. The molecule has 1 atom stereocenters. The topological polar surface area (TPSA) is 56.0 Å². The Labute approximate surface area is 204 Å². The second-order valence-corrected chi connectivity index (χ2v) is 9.59. The van der Waals surface area contributed by atoms with Crippen LogP contribution in [0.25, 0.3) is 11.8 Å². The Kier molecular flexibility index (Phi) is 5.43. The number of carbonyl (C=O) groups excluding carboxylic acids is 1. The molecule has 2 aromatic heterocycles. The number of amides is 1. The summed E-state index contributed by atoms with van der Waals surface area (Å²) in [7, 11) is 0.